The molecule has 0 saturated heterocycles. The van der Waals surface area contributed by atoms with Gasteiger partial charge in [0.1, 0.15) is 0 Å². The number of halogens is 3. The van der Waals surface area contributed by atoms with Crippen LogP contribution in [0.2, 0.25) is 0 Å². The van der Waals surface area contributed by atoms with Crippen LogP contribution < -0.4 is 9.47 Å². The first-order valence-corrected chi connectivity index (χ1v) is 9.28. The van der Waals surface area contributed by atoms with E-state index in [4.69, 9.17) is 4.74 Å². The minimum Gasteiger partial charge on any atom is -0.493 e. The fourth-order valence-electron chi connectivity index (χ4n) is 3.25. The Labute approximate surface area is 165 Å². The first-order valence-electron chi connectivity index (χ1n) is 8.49. The largest absolute Gasteiger partial charge is 0.493 e. The maximum absolute atomic E-state index is 13.1. The van der Waals surface area contributed by atoms with E-state index in [0.29, 0.717) is 6.54 Å². The third-order valence-corrected chi connectivity index (χ3v) is 5.24. The molecule has 3 rings (SSSR count). The van der Waals surface area contributed by atoms with Crippen LogP contribution in [-0.2, 0) is 16.8 Å². The summed E-state index contributed by atoms with van der Waals surface area (Å²) >= 11 is 3.46. The van der Waals surface area contributed by atoms with Crippen molar-refractivity contribution in [2.45, 2.75) is 31.4 Å². The summed E-state index contributed by atoms with van der Waals surface area (Å²) in [6.07, 6.45) is 1.63. The average Bonchev–Trinajstić information content (AvgIpc) is 3.43. The number of alkyl halides is 2. The number of amides is 1. The summed E-state index contributed by atoms with van der Waals surface area (Å²) in [7, 11) is 3.13. The molecule has 0 radical (unpaired) electrons. The Hall–Kier alpha value is -2.15. The Balaban J connectivity index is 1.75. The quantitative estimate of drug-likeness (QED) is 0.624. The Morgan fingerprint density at radius 2 is 1.96 bits per heavy atom. The highest BCUT2D eigenvalue weighted by Crippen LogP contribution is 2.50. The van der Waals surface area contributed by atoms with Gasteiger partial charge in [0, 0.05) is 18.1 Å². The van der Waals surface area contributed by atoms with Crippen molar-refractivity contribution in [1.82, 2.24) is 4.90 Å². The number of hydrogen-bond donors (Lipinski definition) is 0. The normalized spacial score (nSPS) is 14.7. The highest BCUT2D eigenvalue weighted by atomic mass is 79.9. The summed E-state index contributed by atoms with van der Waals surface area (Å²) in [6, 6.07) is 12.5. The zero-order valence-electron chi connectivity index (χ0n) is 15.0. The summed E-state index contributed by atoms with van der Waals surface area (Å²) in [4.78, 5) is 14.7. The van der Waals surface area contributed by atoms with Crippen LogP contribution in [0.3, 0.4) is 0 Å². The van der Waals surface area contributed by atoms with Crippen LogP contribution in [0.1, 0.15) is 24.0 Å². The van der Waals surface area contributed by atoms with E-state index in [1.54, 1.807) is 24.1 Å². The van der Waals surface area contributed by atoms with Crippen molar-refractivity contribution in [1.29, 1.82) is 0 Å². The summed E-state index contributed by atoms with van der Waals surface area (Å²) in [5, 5.41) is 0. The molecule has 27 heavy (non-hydrogen) atoms. The second-order valence-corrected chi connectivity index (χ2v) is 7.53. The first kappa shape index (κ1) is 19.6. The van der Waals surface area contributed by atoms with Gasteiger partial charge in [-0.15, -0.1) is 0 Å². The predicted molar refractivity (Wildman–Crippen MR) is 101 cm³/mol. The van der Waals surface area contributed by atoms with Crippen molar-refractivity contribution in [2.24, 2.45) is 0 Å². The Morgan fingerprint density at radius 3 is 2.56 bits per heavy atom. The minimum atomic E-state index is -2.92. The summed E-state index contributed by atoms with van der Waals surface area (Å²) < 4.78 is 35.4. The number of carbonyl (C=O) groups is 1. The summed E-state index contributed by atoms with van der Waals surface area (Å²) in [6.45, 7) is -2.58. The highest BCUT2D eigenvalue weighted by molar-refractivity contribution is 9.10. The monoisotopic (exact) mass is 439 g/mol. The second-order valence-electron chi connectivity index (χ2n) is 6.62. The molecule has 0 bridgehead atoms. The molecule has 0 heterocycles. The number of nitrogens with zero attached hydrogens (tertiary/aromatic N) is 1. The lowest BCUT2D eigenvalue weighted by Crippen LogP contribution is -2.36. The lowest BCUT2D eigenvalue weighted by atomic mass is 9.94. The van der Waals surface area contributed by atoms with E-state index < -0.39 is 12.0 Å². The summed E-state index contributed by atoms with van der Waals surface area (Å²) in [5.41, 5.74) is 1.31. The first-order chi connectivity index (χ1) is 12.9. The van der Waals surface area contributed by atoms with Gasteiger partial charge < -0.3 is 14.4 Å². The van der Waals surface area contributed by atoms with Gasteiger partial charge in [0.15, 0.2) is 11.5 Å². The molecule has 1 fully saturated rings. The minimum absolute atomic E-state index is 0.0296. The van der Waals surface area contributed by atoms with Gasteiger partial charge in [-0.1, -0.05) is 34.1 Å². The molecule has 4 nitrogen and oxygen atoms in total. The molecule has 1 aliphatic carbocycles. The molecule has 0 unspecified atom stereocenters. The number of methoxy groups -OCH3 is 1. The molecular formula is C20H20BrF2NO3. The van der Waals surface area contributed by atoms with Crippen molar-refractivity contribution in [3.63, 3.8) is 0 Å². The zero-order chi connectivity index (χ0) is 19.6. The molecular weight excluding hydrogens is 420 g/mol. The van der Waals surface area contributed by atoms with Crippen molar-refractivity contribution >= 4 is 21.8 Å². The van der Waals surface area contributed by atoms with Crippen LogP contribution >= 0.6 is 15.9 Å². The van der Waals surface area contributed by atoms with Crippen molar-refractivity contribution in [2.75, 3.05) is 14.2 Å². The molecule has 7 heteroatoms. The van der Waals surface area contributed by atoms with Crippen molar-refractivity contribution in [3.8, 4) is 11.5 Å². The third-order valence-electron chi connectivity index (χ3n) is 4.75. The molecule has 2 aromatic carbocycles. The van der Waals surface area contributed by atoms with Gasteiger partial charge in [-0.05, 0) is 48.2 Å². The van der Waals surface area contributed by atoms with Gasteiger partial charge in [-0.3, -0.25) is 4.79 Å². The van der Waals surface area contributed by atoms with Crippen molar-refractivity contribution in [3.05, 3.63) is 58.1 Å². The van der Waals surface area contributed by atoms with E-state index in [-0.39, 0.29) is 17.4 Å². The molecule has 144 valence electrons. The molecule has 2 aromatic rings. The molecule has 1 aliphatic rings. The fraction of sp³-hybridized carbons (Fsp3) is 0.350. The van der Waals surface area contributed by atoms with Gasteiger partial charge in [-0.2, -0.15) is 8.78 Å². The van der Waals surface area contributed by atoms with E-state index in [1.165, 1.54) is 13.2 Å². The predicted octanol–water partition coefficient (Wildman–Crippen LogP) is 4.75. The van der Waals surface area contributed by atoms with Crippen LogP contribution in [-0.4, -0.2) is 31.6 Å². The van der Waals surface area contributed by atoms with Gasteiger partial charge in [0.25, 0.3) is 0 Å². The lowest BCUT2D eigenvalue weighted by Gasteiger charge is -2.24. The van der Waals surface area contributed by atoms with E-state index in [0.717, 1.165) is 28.4 Å². The smallest absolute Gasteiger partial charge is 0.387 e. The molecule has 0 spiro atoms. The molecule has 1 amide bonds. The van der Waals surface area contributed by atoms with Gasteiger partial charge in [0.2, 0.25) is 5.91 Å². The van der Waals surface area contributed by atoms with E-state index in [1.807, 2.05) is 24.3 Å². The Bertz CT molecular complexity index is 840. The van der Waals surface area contributed by atoms with Crippen LogP contribution in [0.15, 0.2) is 46.9 Å². The molecule has 0 N–H and O–H groups in total. The number of ether oxygens (including phenoxy) is 2. The maximum atomic E-state index is 13.1. The van der Waals surface area contributed by atoms with E-state index in [9.17, 15) is 13.6 Å². The Morgan fingerprint density at radius 1 is 1.22 bits per heavy atom. The number of rotatable bonds is 7. The number of benzene rings is 2. The topological polar surface area (TPSA) is 38.8 Å². The van der Waals surface area contributed by atoms with Gasteiger partial charge in [-0.25, -0.2) is 0 Å². The standard InChI is InChI=1S/C20H20BrF2NO3/c1-24(12-13-6-7-16(27-19(22)23)17(10-13)26-2)18(25)20(8-9-20)14-4-3-5-15(21)11-14/h3-7,10-11,19H,8-9,12H2,1-2H3. The summed E-state index contributed by atoms with van der Waals surface area (Å²) in [5.74, 6) is 0.229. The molecule has 0 atom stereocenters. The third kappa shape index (κ3) is 4.24. The molecule has 0 aromatic heterocycles. The van der Waals surface area contributed by atoms with Crippen molar-refractivity contribution < 1.29 is 23.0 Å². The van der Waals surface area contributed by atoms with Gasteiger partial charge in [0.05, 0.1) is 12.5 Å². The lowest BCUT2D eigenvalue weighted by molar-refractivity contribution is -0.133. The van der Waals surface area contributed by atoms with Gasteiger partial charge >= 0.3 is 6.61 Å². The molecule has 0 aliphatic heterocycles. The average molecular weight is 440 g/mol. The zero-order valence-corrected chi connectivity index (χ0v) is 16.6. The second kappa shape index (κ2) is 7.84. The number of carbonyl (C=O) groups excluding carboxylic acids is 1. The molecule has 1 saturated carbocycles. The number of likely N-dealkylation sites (N-methyl/N-ethyl adjacent to an activating group) is 1. The van der Waals surface area contributed by atoms with Crippen LogP contribution in [0.5, 0.6) is 11.5 Å². The van der Waals surface area contributed by atoms with Crippen LogP contribution in [0.25, 0.3) is 0 Å². The fourth-order valence-corrected chi connectivity index (χ4v) is 3.65. The number of hydrogen-bond acceptors (Lipinski definition) is 3. The highest BCUT2D eigenvalue weighted by Gasteiger charge is 2.52. The van der Waals surface area contributed by atoms with E-state index in [2.05, 4.69) is 20.7 Å². The van der Waals surface area contributed by atoms with Crippen LogP contribution in [0, 0.1) is 0 Å². The SMILES string of the molecule is COc1cc(CN(C)C(=O)C2(c3cccc(Br)c3)CC2)ccc1OC(F)F. The van der Waals surface area contributed by atoms with Crippen LogP contribution in [0.4, 0.5) is 8.78 Å². The maximum Gasteiger partial charge on any atom is 0.387 e. The van der Waals surface area contributed by atoms with E-state index >= 15 is 0 Å². The Kier molecular flexibility index (Phi) is 5.69.